The molecule has 0 amide bonds. The molecule has 0 saturated carbocycles. The number of piperidine rings is 1. The second kappa shape index (κ2) is 8.04. The number of ether oxygens (including phenoxy) is 2. The Balaban J connectivity index is 1.54. The van der Waals surface area contributed by atoms with Crippen LogP contribution >= 0.6 is 0 Å². The molecule has 0 aliphatic carbocycles. The van der Waals surface area contributed by atoms with Crippen LogP contribution < -0.4 is 14.5 Å². The van der Waals surface area contributed by atoms with Crippen LogP contribution in [-0.2, 0) is 4.74 Å². The van der Waals surface area contributed by atoms with E-state index < -0.39 is 0 Å². The number of aryl methyl sites for hydroxylation is 1. The minimum atomic E-state index is 0.362. The fourth-order valence-electron chi connectivity index (χ4n) is 3.78. The first-order valence-corrected chi connectivity index (χ1v) is 9.52. The summed E-state index contributed by atoms with van der Waals surface area (Å²) < 4.78 is 10.7. The van der Waals surface area contributed by atoms with Gasteiger partial charge >= 0.3 is 0 Å². The minimum Gasteiger partial charge on any atom is -0.481 e. The number of methoxy groups -OCH3 is 1. The first-order chi connectivity index (χ1) is 13.2. The molecule has 2 aromatic rings. The second-order valence-electron chi connectivity index (χ2n) is 7.00. The maximum Gasteiger partial charge on any atom is 0.218 e. The van der Waals surface area contributed by atoms with Gasteiger partial charge in [-0.05, 0) is 19.8 Å². The van der Waals surface area contributed by atoms with Gasteiger partial charge in [0.2, 0.25) is 5.88 Å². The Morgan fingerprint density at radius 2 is 1.89 bits per heavy atom. The van der Waals surface area contributed by atoms with E-state index in [1.807, 2.05) is 13.0 Å². The van der Waals surface area contributed by atoms with Gasteiger partial charge in [0.25, 0.3) is 0 Å². The van der Waals surface area contributed by atoms with E-state index in [-0.39, 0.29) is 0 Å². The van der Waals surface area contributed by atoms with Crippen LogP contribution in [0.3, 0.4) is 0 Å². The molecule has 0 radical (unpaired) electrons. The zero-order chi connectivity index (χ0) is 18.6. The van der Waals surface area contributed by atoms with Crippen LogP contribution in [0.2, 0.25) is 0 Å². The summed E-state index contributed by atoms with van der Waals surface area (Å²) in [5, 5.41) is 0. The molecule has 4 rings (SSSR count). The molecule has 144 valence electrons. The molecule has 27 heavy (non-hydrogen) atoms. The van der Waals surface area contributed by atoms with E-state index in [1.54, 1.807) is 13.4 Å². The predicted molar refractivity (Wildman–Crippen MR) is 103 cm³/mol. The summed E-state index contributed by atoms with van der Waals surface area (Å²) in [6, 6.07) is 4.06. The van der Waals surface area contributed by atoms with Crippen LogP contribution in [0.5, 0.6) is 5.88 Å². The van der Waals surface area contributed by atoms with E-state index >= 15 is 0 Å². The quantitative estimate of drug-likeness (QED) is 0.806. The zero-order valence-electron chi connectivity index (χ0n) is 16.0. The zero-order valence-corrected chi connectivity index (χ0v) is 16.0. The Bertz CT molecular complexity index is 781. The van der Waals surface area contributed by atoms with Crippen LogP contribution in [0.4, 0.5) is 11.6 Å². The summed E-state index contributed by atoms with van der Waals surface area (Å²) >= 11 is 0. The highest BCUT2D eigenvalue weighted by Crippen LogP contribution is 2.30. The number of morpholine rings is 1. The lowest BCUT2D eigenvalue weighted by Crippen LogP contribution is -2.37. The molecule has 2 aromatic heterocycles. The fraction of sp³-hybridized carbons (Fsp3) is 0.579. The van der Waals surface area contributed by atoms with Gasteiger partial charge in [-0.25, -0.2) is 19.9 Å². The van der Waals surface area contributed by atoms with Crippen molar-refractivity contribution in [3.05, 3.63) is 30.0 Å². The fourth-order valence-corrected chi connectivity index (χ4v) is 3.78. The van der Waals surface area contributed by atoms with E-state index in [1.165, 1.54) is 0 Å². The van der Waals surface area contributed by atoms with Crippen LogP contribution in [0.25, 0.3) is 0 Å². The van der Waals surface area contributed by atoms with E-state index in [2.05, 4.69) is 30.8 Å². The molecule has 4 heterocycles. The van der Waals surface area contributed by atoms with Gasteiger partial charge in [-0.1, -0.05) is 0 Å². The summed E-state index contributed by atoms with van der Waals surface area (Å²) in [6.45, 7) is 7.12. The summed E-state index contributed by atoms with van der Waals surface area (Å²) in [5.74, 6) is 3.71. The lowest BCUT2D eigenvalue weighted by Gasteiger charge is -2.34. The van der Waals surface area contributed by atoms with E-state index in [0.29, 0.717) is 11.8 Å². The first-order valence-electron chi connectivity index (χ1n) is 9.52. The van der Waals surface area contributed by atoms with Crippen molar-refractivity contribution in [2.75, 3.05) is 56.3 Å². The second-order valence-corrected chi connectivity index (χ2v) is 7.00. The monoisotopic (exact) mass is 370 g/mol. The number of hydrogen-bond acceptors (Lipinski definition) is 8. The number of anilines is 2. The van der Waals surface area contributed by atoms with Crippen LogP contribution in [0, 0.1) is 6.92 Å². The topological polar surface area (TPSA) is 76.5 Å². The Morgan fingerprint density at radius 1 is 1.04 bits per heavy atom. The SMILES string of the molecule is COc1cc(N2CCC[C@H](c3cc(N4CCOCC4)nc(C)n3)C2)ncn1. The molecule has 1 atom stereocenters. The van der Waals surface area contributed by atoms with Gasteiger partial charge in [0, 0.05) is 44.2 Å². The molecule has 0 spiro atoms. The van der Waals surface area contributed by atoms with Crippen molar-refractivity contribution < 1.29 is 9.47 Å². The van der Waals surface area contributed by atoms with E-state index in [9.17, 15) is 0 Å². The molecule has 8 nitrogen and oxygen atoms in total. The summed E-state index contributed by atoms with van der Waals surface area (Å²) in [7, 11) is 1.63. The molecular weight excluding hydrogens is 344 g/mol. The maximum atomic E-state index is 5.47. The van der Waals surface area contributed by atoms with Crippen LogP contribution in [-0.4, -0.2) is 66.4 Å². The molecule has 0 bridgehead atoms. The van der Waals surface area contributed by atoms with Gasteiger partial charge in [-0.15, -0.1) is 0 Å². The summed E-state index contributed by atoms with van der Waals surface area (Å²) in [5.41, 5.74) is 1.12. The molecule has 2 fully saturated rings. The first kappa shape index (κ1) is 17.9. The molecule has 8 heteroatoms. The smallest absolute Gasteiger partial charge is 0.218 e. The average Bonchev–Trinajstić information content (AvgIpc) is 2.74. The molecule has 0 N–H and O–H groups in total. The third-order valence-corrected chi connectivity index (χ3v) is 5.18. The normalized spacial score (nSPS) is 20.6. The summed E-state index contributed by atoms with van der Waals surface area (Å²) in [4.78, 5) is 22.5. The lowest BCUT2D eigenvalue weighted by molar-refractivity contribution is 0.122. The Hall–Kier alpha value is -2.48. The van der Waals surface area contributed by atoms with Crippen molar-refractivity contribution >= 4 is 11.6 Å². The van der Waals surface area contributed by atoms with Gasteiger partial charge in [-0.2, -0.15) is 0 Å². The van der Waals surface area contributed by atoms with Crippen molar-refractivity contribution in [2.24, 2.45) is 0 Å². The van der Waals surface area contributed by atoms with Crippen molar-refractivity contribution in [1.29, 1.82) is 0 Å². The molecule has 0 aromatic carbocycles. The molecule has 2 aliphatic rings. The number of nitrogens with zero attached hydrogens (tertiary/aromatic N) is 6. The highest BCUT2D eigenvalue weighted by molar-refractivity contribution is 5.44. The summed E-state index contributed by atoms with van der Waals surface area (Å²) in [6.07, 6.45) is 3.79. The molecule has 0 unspecified atom stereocenters. The Labute approximate surface area is 159 Å². The third-order valence-electron chi connectivity index (χ3n) is 5.18. The molecule has 2 aliphatic heterocycles. The number of rotatable bonds is 4. The Morgan fingerprint density at radius 3 is 2.70 bits per heavy atom. The van der Waals surface area contributed by atoms with Gasteiger partial charge in [-0.3, -0.25) is 0 Å². The molecular formula is C19H26N6O2. The number of hydrogen-bond donors (Lipinski definition) is 0. The van der Waals surface area contributed by atoms with Crippen LogP contribution in [0.1, 0.15) is 30.3 Å². The maximum absolute atomic E-state index is 5.47. The van der Waals surface area contributed by atoms with E-state index in [0.717, 1.165) is 75.4 Å². The lowest BCUT2D eigenvalue weighted by atomic mass is 9.94. The third kappa shape index (κ3) is 4.10. The van der Waals surface area contributed by atoms with Crippen molar-refractivity contribution in [3.63, 3.8) is 0 Å². The van der Waals surface area contributed by atoms with Crippen molar-refractivity contribution in [1.82, 2.24) is 19.9 Å². The van der Waals surface area contributed by atoms with Gasteiger partial charge in [0.1, 0.15) is 23.8 Å². The minimum absolute atomic E-state index is 0.362. The standard InChI is InChI=1S/C19H26N6O2/c1-14-22-16(10-18(23-14)24-6-8-27-9-7-24)15-4-3-5-25(12-15)17-11-19(26-2)21-13-20-17/h10-11,13,15H,3-9,12H2,1-2H3/t15-/m0/s1. The van der Waals surface area contributed by atoms with Crippen LogP contribution in [0.15, 0.2) is 18.5 Å². The van der Waals surface area contributed by atoms with Gasteiger partial charge in [0.05, 0.1) is 26.0 Å². The highest BCUT2D eigenvalue weighted by Gasteiger charge is 2.25. The average molecular weight is 370 g/mol. The largest absolute Gasteiger partial charge is 0.481 e. The molecule has 2 saturated heterocycles. The Kier molecular flexibility index (Phi) is 5.33. The van der Waals surface area contributed by atoms with Gasteiger partial charge < -0.3 is 19.3 Å². The van der Waals surface area contributed by atoms with Crippen molar-refractivity contribution in [2.45, 2.75) is 25.7 Å². The highest BCUT2D eigenvalue weighted by atomic mass is 16.5. The van der Waals surface area contributed by atoms with Gasteiger partial charge in [0.15, 0.2) is 0 Å². The number of aromatic nitrogens is 4. The predicted octanol–water partition coefficient (Wildman–Crippen LogP) is 1.80. The van der Waals surface area contributed by atoms with Crippen molar-refractivity contribution in [3.8, 4) is 5.88 Å². The van der Waals surface area contributed by atoms with E-state index in [4.69, 9.17) is 14.5 Å².